The smallest absolute Gasteiger partial charge is 0.331 e. The molecule has 0 unspecified atom stereocenters. The molecule has 33 heavy (non-hydrogen) atoms. The Morgan fingerprint density at radius 1 is 0.576 bits per heavy atom. The summed E-state index contributed by atoms with van der Waals surface area (Å²) in [6.07, 6.45) is 0. The fraction of sp³-hybridized carbons (Fsp3) is 0.0870. The Morgan fingerprint density at radius 2 is 0.879 bits per heavy atom. The molecule has 0 aliphatic carbocycles. The van der Waals surface area contributed by atoms with Crippen LogP contribution in [-0.4, -0.2) is 27.9 Å². The molecule has 4 rings (SSSR count). The lowest BCUT2D eigenvalue weighted by Gasteiger charge is -2.10. The molecule has 168 valence electrons. The van der Waals surface area contributed by atoms with E-state index in [-0.39, 0.29) is 28.7 Å². The lowest BCUT2D eigenvalue weighted by molar-refractivity contribution is 0.362. The van der Waals surface area contributed by atoms with Crippen molar-refractivity contribution in [3.63, 3.8) is 0 Å². The van der Waals surface area contributed by atoms with E-state index in [1.165, 1.54) is 24.3 Å². The highest BCUT2D eigenvalue weighted by Gasteiger charge is 2.14. The minimum atomic E-state index is -4.32. The third-order valence-corrected chi connectivity index (χ3v) is 5.23. The van der Waals surface area contributed by atoms with Crippen LogP contribution in [0.15, 0.2) is 77.7 Å². The van der Waals surface area contributed by atoms with E-state index in [4.69, 9.17) is 18.8 Å². The minimum absolute atomic E-state index is 0.0551. The predicted octanol–water partition coefficient (Wildman–Crippen LogP) is 5.11. The van der Waals surface area contributed by atoms with Crippen LogP contribution in [0.25, 0.3) is 0 Å². The monoisotopic (exact) mass is 465 g/mol. The summed E-state index contributed by atoms with van der Waals surface area (Å²) in [5.41, 5.74) is 2.14. The molecule has 9 nitrogen and oxygen atoms in total. The molecule has 4 aromatic rings. The fourth-order valence-corrected chi connectivity index (χ4v) is 3.15. The molecular weight excluding hydrogens is 446 g/mol. The largest absolute Gasteiger partial charge is 0.424 e. The number of hydrogen-bond acceptors (Lipinski definition) is 8. The number of rotatable bonds is 7. The highest BCUT2D eigenvalue weighted by molar-refractivity contribution is 7.85. The highest BCUT2D eigenvalue weighted by Crippen LogP contribution is 2.27. The topological polar surface area (TPSA) is 121 Å². The third kappa shape index (κ3) is 6.03. The zero-order valence-corrected chi connectivity index (χ0v) is 18.5. The van der Waals surface area contributed by atoms with E-state index in [0.717, 1.165) is 11.1 Å². The Morgan fingerprint density at radius 3 is 1.18 bits per heavy atom. The minimum Gasteiger partial charge on any atom is -0.424 e. The van der Waals surface area contributed by atoms with Gasteiger partial charge >= 0.3 is 18.0 Å². The summed E-state index contributed by atoms with van der Waals surface area (Å²) < 4.78 is 48.7. The Balaban J connectivity index is 1.63. The van der Waals surface area contributed by atoms with Crippen molar-refractivity contribution in [2.45, 2.75) is 18.7 Å². The van der Waals surface area contributed by atoms with Crippen LogP contribution in [0.1, 0.15) is 11.1 Å². The van der Waals surface area contributed by atoms with Gasteiger partial charge in [-0.05, 0) is 62.4 Å². The maximum absolute atomic E-state index is 11.2. The first kappa shape index (κ1) is 22.2. The molecule has 0 radical (unpaired) electrons. The van der Waals surface area contributed by atoms with Gasteiger partial charge in [0, 0.05) is 0 Å². The highest BCUT2D eigenvalue weighted by atomic mass is 32.2. The number of aryl methyl sites for hydroxylation is 2. The van der Waals surface area contributed by atoms with Crippen molar-refractivity contribution in [3.8, 4) is 35.3 Å². The normalized spacial score (nSPS) is 11.1. The summed E-state index contributed by atoms with van der Waals surface area (Å²) >= 11 is 0. The van der Waals surface area contributed by atoms with Gasteiger partial charge in [0.05, 0.1) is 4.90 Å². The first-order valence-electron chi connectivity index (χ1n) is 9.75. The SMILES string of the molecule is Cc1ccc(Oc2nc(Oc3ccc(C)cc3)nc(Oc3ccc(S(=O)(=O)O)cc3)n2)cc1. The van der Waals surface area contributed by atoms with Crippen molar-refractivity contribution < 1.29 is 27.2 Å². The molecule has 0 aliphatic heterocycles. The average molecular weight is 465 g/mol. The summed E-state index contributed by atoms with van der Waals surface area (Å²) in [5.74, 6) is 1.25. The van der Waals surface area contributed by atoms with E-state index in [1.807, 2.05) is 38.1 Å². The average Bonchev–Trinajstić information content (AvgIpc) is 2.77. The molecule has 0 saturated heterocycles. The van der Waals surface area contributed by atoms with Crippen LogP contribution >= 0.6 is 0 Å². The van der Waals surface area contributed by atoms with Gasteiger partial charge in [-0.15, -0.1) is 15.0 Å². The predicted molar refractivity (Wildman–Crippen MR) is 119 cm³/mol. The second kappa shape index (κ2) is 9.23. The number of nitrogens with zero attached hydrogens (tertiary/aromatic N) is 3. The van der Waals surface area contributed by atoms with Crippen molar-refractivity contribution in [1.82, 2.24) is 15.0 Å². The quantitative estimate of drug-likeness (QED) is 0.371. The Hall–Kier alpha value is -4.02. The van der Waals surface area contributed by atoms with Crippen LogP contribution in [-0.2, 0) is 10.1 Å². The van der Waals surface area contributed by atoms with Gasteiger partial charge in [-0.25, -0.2) is 0 Å². The van der Waals surface area contributed by atoms with Crippen LogP contribution in [0.2, 0.25) is 0 Å². The van der Waals surface area contributed by atoms with Gasteiger partial charge in [0.25, 0.3) is 10.1 Å². The van der Waals surface area contributed by atoms with E-state index in [1.54, 1.807) is 24.3 Å². The van der Waals surface area contributed by atoms with Crippen molar-refractivity contribution in [1.29, 1.82) is 0 Å². The number of ether oxygens (including phenoxy) is 3. The van der Waals surface area contributed by atoms with Crippen LogP contribution in [0, 0.1) is 13.8 Å². The van der Waals surface area contributed by atoms with Crippen molar-refractivity contribution >= 4 is 10.1 Å². The Bertz CT molecular complexity index is 1290. The molecule has 0 aliphatic rings. The molecule has 1 aromatic heterocycles. The molecule has 10 heteroatoms. The molecule has 1 heterocycles. The van der Waals surface area contributed by atoms with Gasteiger partial charge in [-0.3, -0.25) is 4.55 Å². The van der Waals surface area contributed by atoms with Gasteiger partial charge in [0.2, 0.25) is 0 Å². The fourth-order valence-electron chi connectivity index (χ4n) is 2.67. The lowest BCUT2D eigenvalue weighted by Crippen LogP contribution is -2.02. The van der Waals surface area contributed by atoms with Crippen LogP contribution in [0.5, 0.6) is 35.3 Å². The lowest BCUT2D eigenvalue weighted by atomic mass is 10.2. The molecule has 1 N–H and O–H groups in total. The summed E-state index contributed by atoms with van der Waals surface area (Å²) in [6, 6.07) is 19.5. The molecule has 0 saturated carbocycles. The molecule has 0 bridgehead atoms. The van der Waals surface area contributed by atoms with E-state index < -0.39 is 10.1 Å². The van der Waals surface area contributed by atoms with Gasteiger partial charge in [0.15, 0.2) is 0 Å². The maximum atomic E-state index is 11.2. The molecule has 0 amide bonds. The summed E-state index contributed by atoms with van der Waals surface area (Å²) in [7, 11) is -4.32. The zero-order valence-electron chi connectivity index (χ0n) is 17.7. The summed E-state index contributed by atoms with van der Waals surface area (Å²) in [5, 5.41) is 0. The molecule has 0 spiro atoms. The number of hydrogen-bond donors (Lipinski definition) is 1. The third-order valence-electron chi connectivity index (χ3n) is 4.36. The second-order valence-electron chi connectivity index (χ2n) is 7.06. The molecule has 0 atom stereocenters. The van der Waals surface area contributed by atoms with Gasteiger partial charge in [-0.1, -0.05) is 35.4 Å². The van der Waals surface area contributed by atoms with Crippen molar-refractivity contribution in [2.24, 2.45) is 0 Å². The van der Waals surface area contributed by atoms with Crippen molar-refractivity contribution in [2.75, 3.05) is 0 Å². The van der Waals surface area contributed by atoms with Gasteiger partial charge in [-0.2, -0.15) is 8.42 Å². The van der Waals surface area contributed by atoms with E-state index in [9.17, 15) is 8.42 Å². The van der Waals surface area contributed by atoms with E-state index in [2.05, 4.69) is 15.0 Å². The van der Waals surface area contributed by atoms with Gasteiger partial charge in [0.1, 0.15) is 17.2 Å². The molecule has 0 fully saturated rings. The standard InChI is InChI=1S/C23H19N3O6S/c1-15-3-7-17(8-4-15)30-21-24-22(31-18-9-5-16(2)6-10-18)26-23(25-21)32-19-11-13-20(14-12-19)33(27,28)29/h3-14H,1-2H3,(H,27,28,29). The maximum Gasteiger partial charge on any atom is 0.331 e. The summed E-state index contributed by atoms with van der Waals surface area (Å²) in [6.45, 7) is 3.92. The molecular formula is C23H19N3O6S. The Labute approximate surface area is 190 Å². The molecule has 3 aromatic carbocycles. The van der Waals surface area contributed by atoms with Crippen LogP contribution in [0.4, 0.5) is 0 Å². The van der Waals surface area contributed by atoms with E-state index in [0.29, 0.717) is 11.5 Å². The zero-order chi connectivity index (χ0) is 23.4. The van der Waals surface area contributed by atoms with Crippen molar-refractivity contribution in [3.05, 3.63) is 83.9 Å². The van der Waals surface area contributed by atoms with Crippen LogP contribution in [0.3, 0.4) is 0 Å². The van der Waals surface area contributed by atoms with Gasteiger partial charge < -0.3 is 14.2 Å². The Kier molecular flexibility index (Phi) is 6.20. The van der Waals surface area contributed by atoms with Crippen LogP contribution < -0.4 is 14.2 Å². The first-order valence-corrected chi connectivity index (χ1v) is 11.2. The first-order chi connectivity index (χ1) is 15.7. The van der Waals surface area contributed by atoms with E-state index >= 15 is 0 Å². The second-order valence-corrected chi connectivity index (χ2v) is 8.48. The number of aromatic nitrogens is 3. The number of benzene rings is 3. The summed E-state index contributed by atoms with van der Waals surface area (Å²) in [4.78, 5) is 12.2.